The Hall–Kier alpha value is -1.07. The van der Waals surface area contributed by atoms with Crippen LogP contribution >= 0.6 is 15.9 Å². The van der Waals surface area contributed by atoms with Crippen LogP contribution in [-0.4, -0.2) is 43.6 Å². The summed E-state index contributed by atoms with van der Waals surface area (Å²) in [5.41, 5.74) is 1.80. The van der Waals surface area contributed by atoms with E-state index in [0.717, 1.165) is 47.4 Å². The Labute approximate surface area is 114 Å². The first-order valence-corrected chi connectivity index (χ1v) is 6.88. The highest BCUT2D eigenvalue weighted by molar-refractivity contribution is 9.10. The number of nitrogens with one attached hydrogen (secondary N) is 1. The van der Waals surface area contributed by atoms with Gasteiger partial charge < -0.3 is 15.0 Å². The second kappa shape index (κ2) is 4.55. The number of amides is 1. The van der Waals surface area contributed by atoms with Crippen molar-refractivity contribution in [3.63, 3.8) is 0 Å². The molecule has 0 bridgehead atoms. The van der Waals surface area contributed by atoms with E-state index in [-0.39, 0.29) is 11.9 Å². The van der Waals surface area contributed by atoms with Crippen molar-refractivity contribution in [2.45, 2.75) is 12.5 Å². The van der Waals surface area contributed by atoms with Gasteiger partial charge in [0, 0.05) is 35.7 Å². The normalized spacial score (nSPS) is 22.4. The van der Waals surface area contributed by atoms with Gasteiger partial charge in [0.25, 0.3) is 5.91 Å². The van der Waals surface area contributed by atoms with Gasteiger partial charge in [0.05, 0.1) is 12.7 Å². The number of carbonyl (C=O) groups excluding carboxylic acids is 1. The molecule has 1 saturated heterocycles. The third kappa shape index (κ3) is 1.73. The van der Waals surface area contributed by atoms with E-state index in [9.17, 15) is 4.79 Å². The predicted octanol–water partition coefficient (Wildman–Crippen LogP) is 1.43. The average Bonchev–Trinajstić information content (AvgIpc) is 2.39. The molecule has 2 aliphatic rings. The molecule has 18 heavy (non-hydrogen) atoms. The number of carbonyl (C=O) groups is 1. The maximum absolute atomic E-state index is 12.6. The molecule has 1 aromatic carbocycles. The number of hydrogen-bond donors (Lipinski definition) is 1. The molecule has 1 aromatic rings. The number of methoxy groups -OCH3 is 1. The number of nitrogens with zero attached hydrogens (tertiary/aromatic N) is 1. The van der Waals surface area contributed by atoms with Gasteiger partial charge in [-0.25, -0.2) is 0 Å². The summed E-state index contributed by atoms with van der Waals surface area (Å²) in [6.45, 7) is 2.52. The van der Waals surface area contributed by atoms with Crippen LogP contribution in [0, 0.1) is 0 Å². The molecule has 2 aliphatic heterocycles. The van der Waals surface area contributed by atoms with Crippen LogP contribution in [0.1, 0.15) is 15.9 Å². The van der Waals surface area contributed by atoms with E-state index in [1.54, 1.807) is 7.11 Å². The lowest BCUT2D eigenvalue weighted by atomic mass is 9.91. The summed E-state index contributed by atoms with van der Waals surface area (Å²) in [4.78, 5) is 14.5. The number of rotatable bonds is 1. The Morgan fingerprint density at radius 3 is 3.11 bits per heavy atom. The number of hydrogen-bond acceptors (Lipinski definition) is 3. The molecule has 0 radical (unpaired) electrons. The van der Waals surface area contributed by atoms with Gasteiger partial charge in [-0.05, 0) is 34.5 Å². The molecular formula is C13H15BrN2O2. The lowest BCUT2D eigenvalue weighted by Gasteiger charge is -2.40. The highest BCUT2D eigenvalue weighted by Crippen LogP contribution is 2.35. The summed E-state index contributed by atoms with van der Waals surface area (Å²) in [5, 5.41) is 3.34. The fraction of sp³-hybridized carbons (Fsp3) is 0.462. The quantitative estimate of drug-likeness (QED) is 0.853. The summed E-state index contributed by atoms with van der Waals surface area (Å²) in [7, 11) is 1.65. The van der Waals surface area contributed by atoms with Gasteiger partial charge in [0.2, 0.25) is 0 Å². The van der Waals surface area contributed by atoms with Gasteiger partial charge in [0.1, 0.15) is 5.75 Å². The van der Waals surface area contributed by atoms with Crippen molar-refractivity contribution in [3.05, 3.63) is 27.7 Å². The third-order valence-corrected chi connectivity index (χ3v) is 4.36. The summed E-state index contributed by atoms with van der Waals surface area (Å²) >= 11 is 3.48. The van der Waals surface area contributed by atoms with Crippen LogP contribution in [0.5, 0.6) is 5.75 Å². The first-order valence-electron chi connectivity index (χ1n) is 6.09. The van der Waals surface area contributed by atoms with E-state index in [2.05, 4.69) is 21.2 Å². The standard InChI is InChI=1S/C13H15BrN2O2/c1-18-11-3-2-10(14)12-9(11)6-8-7-15-4-5-16(8)13(12)17/h2-3,8,15H,4-7H2,1H3/t8-/m1/s1. The first-order chi connectivity index (χ1) is 8.72. The summed E-state index contributed by atoms with van der Waals surface area (Å²) in [6, 6.07) is 4.06. The molecule has 2 heterocycles. The van der Waals surface area contributed by atoms with Crippen LogP contribution in [0.25, 0.3) is 0 Å². The molecule has 0 spiro atoms. The van der Waals surface area contributed by atoms with Crippen molar-refractivity contribution in [1.82, 2.24) is 10.2 Å². The second-order valence-electron chi connectivity index (χ2n) is 4.66. The Morgan fingerprint density at radius 1 is 1.50 bits per heavy atom. The number of benzene rings is 1. The van der Waals surface area contributed by atoms with E-state index >= 15 is 0 Å². The summed E-state index contributed by atoms with van der Waals surface area (Å²) in [5.74, 6) is 0.931. The summed E-state index contributed by atoms with van der Waals surface area (Å²) < 4.78 is 6.25. The molecule has 4 nitrogen and oxygen atoms in total. The van der Waals surface area contributed by atoms with Crippen LogP contribution in [0.4, 0.5) is 0 Å². The smallest absolute Gasteiger partial charge is 0.255 e. The van der Waals surface area contributed by atoms with Gasteiger partial charge >= 0.3 is 0 Å². The topological polar surface area (TPSA) is 41.6 Å². The molecule has 5 heteroatoms. The molecule has 1 fully saturated rings. The zero-order valence-electron chi connectivity index (χ0n) is 10.2. The van der Waals surface area contributed by atoms with Crippen LogP contribution < -0.4 is 10.1 Å². The molecule has 3 rings (SSSR count). The highest BCUT2D eigenvalue weighted by Gasteiger charge is 2.36. The maximum atomic E-state index is 12.6. The van der Waals surface area contributed by atoms with Gasteiger partial charge in [-0.2, -0.15) is 0 Å². The number of piperazine rings is 1. The molecule has 1 N–H and O–H groups in total. The Balaban J connectivity index is 2.11. The van der Waals surface area contributed by atoms with E-state index < -0.39 is 0 Å². The summed E-state index contributed by atoms with van der Waals surface area (Å²) in [6.07, 6.45) is 0.858. The molecule has 0 aromatic heterocycles. The molecule has 0 aliphatic carbocycles. The zero-order valence-corrected chi connectivity index (χ0v) is 11.8. The van der Waals surface area contributed by atoms with Crippen molar-refractivity contribution in [2.75, 3.05) is 26.7 Å². The fourth-order valence-corrected chi connectivity index (χ4v) is 3.36. The number of fused-ring (bicyclic) bond motifs is 2. The van der Waals surface area contributed by atoms with Gasteiger partial charge in [-0.15, -0.1) is 0 Å². The van der Waals surface area contributed by atoms with Crippen LogP contribution in [-0.2, 0) is 6.42 Å². The lowest BCUT2D eigenvalue weighted by Crippen LogP contribution is -2.56. The third-order valence-electron chi connectivity index (χ3n) is 3.70. The van der Waals surface area contributed by atoms with Crippen LogP contribution in [0.15, 0.2) is 16.6 Å². The van der Waals surface area contributed by atoms with Gasteiger partial charge in [-0.1, -0.05) is 0 Å². The van der Waals surface area contributed by atoms with Crippen molar-refractivity contribution in [3.8, 4) is 5.75 Å². The van der Waals surface area contributed by atoms with Crippen LogP contribution in [0.2, 0.25) is 0 Å². The molecule has 96 valence electrons. The molecule has 0 unspecified atom stereocenters. The Bertz CT molecular complexity index is 504. The predicted molar refractivity (Wildman–Crippen MR) is 72.1 cm³/mol. The highest BCUT2D eigenvalue weighted by atomic mass is 79.9. The largest absolute Gasteiger partial charge is 0.496 e. The Kier molecular flexibility index (Phi) is 3.03. The minimum atomic E-state index is 0.119. The number of halogens is 1. The lowest BCUT2D eigenvalue weighted by molar-refractivity contribution is 0.0603. The average molecular weight is 311 g/mol. The van der Waals surface area contributed by atoms with Crippen LogP contribution in [0.3, 0.4) is 0 Å². The maximum Gasteiger partial charge on any atom is 0.255 e. The molecule has 1 amide bonds. The SMILES string of the molecule is COc1ccc(Br)c2c1C[C@@H]1CNCCN1C2=O. The van der Waals surface area contributed by atoms with E-state index in [1.807, 2.05) is 17.0 Å². The van der Waals surface area contributed by atoms with Crippen molar-refractivity contribution >= 4 is 21.8 Å². The zero-order chi connectivity index (χ0) is 12.7. The Morgan fingerprint density at radius 2 is 2.33 bits per heavy atom. The number of ether oxygens (including phenoxy) is 1. The van der Waals surface area contributed by atoms with Crippen molar-refractivity contribution in [2.24, 2.45) is 0 Å². The van der Waals surface area contributed by atoms with E-state index in [4.69, 9.17) is 4.74 Å². The van der Waals surface area contributed by atoms with Crippen molar-refractivity contribution in [1.29, 1.82) is 0 Å². The first kappa shape index (κ1) is 12.0. The van der Waals surface area contributed by atoms with Gasteiger partial charge in [-0.3, -0.25) is 4.79 Å². The second-order valence-corrected chi connectivity index (χ2v) is 5.52. The fourth-order valence-electron chi connectivity index (χ4n) is 2.82. The van der Waals surface area contributed by atoms with E-state index in [0.29, 0.717) is 0 Å². The van der Waals surface area contributed by atoms with Crippen molar-refractivity contribution < 1.29 is 9.53 Å². The molecular weight excluding hydrogens is 296 g/mol. The minimum Gasteiger partial charge on any atom is -0.496 e. The van der Waals surface area contributed by atoms with Gasteiger partial charge in [0.15, 0.2) is 0 Å². The minimum absolute atomic E-state index is 0.119. The monoisotopic (exact) mass is 310 g/mol. The molecule has 1 atom stereocenters. The van der Waals surface area contributed by atoms with E-state index in [1.165, 1.54) is 0 Å². The molecule has 0 saturated carbocycles.